The number of nitrogens with one attached hydrogen (secondary N) is 1. The summed E-state index contributed by atoms with van der Waals surface area (Å²) in [4.78, 5) is 5.93. The first-order valence-corrected chi connectivity index (χ1v) is 8.72. The Morgan fingerprint density at radius 1 is 1.11 bits per heavy atom. The molecule has 0 spiro atoms. The molecule has 2 aliphatic heterocycles. The molecule has 4 rings (SSSR count). The molecule has 104 valence electrons. The van der Waals surface area contributed by atoms with Gasteiger partial charge in [0.2, 0.25) is 0 Å². The summed E-state index contributed by atoms with van der Waals surface area (Å²) in [7, 11) is 0. The average molecular weight is 276 g/mol. The zero-order valence-corrected chi connectivity index (χ0v) is 12.4. The van der Waals surface area contributed by atoms with Gasteiger partial charge in [0.1, 0.15) is 0 Å². The lowest BCUT2D eigenvalue weighted by atomic mass is 10.0. The number of thiophene rings is 1. The SMILES string of the molecule is c1cc(C2CCCC2)sc1CN1C[C@H]2CNC[C@H]2C1. The van der Waals surface area contributed by atoms with Crippen molar-refractivity contribution < 1.29 is 0 Å². The lowest BCUT2D eigenvalue weighted by molar-refractivity contribution is 0.308. The number of nitrogens with zero attached hydrogens (tertiary/aromatic N) is 1. The van der Waals surface area contributed by atoms with Crippen molar-refractivity contribution in [3.05, 3.63) is 21.9 Å². The number of likely N-dealkylation sites (tertiary alicyclic amines) is 1. The van der Waals surface area contributed by atoms with Crippen LogP contribution in [0.5, 0.6) is 0 Å². The molecule has 2 atom stereocenters. The van der Waals surface area contributed by atoms with Crippen LogP contribution in [0.25, 0.3) is 0 Å². The van der Waals surface area contributed by atoms with Crippen molar-refractivity contribution in [2.24, 2.45) is 11.8 Å². The number of rotatable bonds is 3. The van der Waals surface area contributed by atoms with E-state index in [4.69, 9.17) is 0 Å². The van der Waals surface area contributed by atoms with Crippen LogP contribution in [0, 0.1) is 11.8 Å². The summed E-state index contributed by atoms with van der Waals surface area (Å²) in [6.45, 7) is 6.32. The van der Waals surface area contributed by atoms with Crippen LogP contribution in [0.1, 0.15) is 41.4 Å². The Bertz CT molecular complexity index is 424. The summed E-state index contributed by atoms with van der Waals surface area (Å²) in [5, 5.41) is 3.53. The molecule has 19 heavy (non-hydrogen) atoms. The van der Waals surface area contributed by atoms with E-state index in [1.807, 2.05) is 0 Å². The summed E-state index contributed by atoms with van der Waals surface area (Å²) < 4.78 is 0. The van der Waals surface area contributed by atoms with E-state index in [1.54, 1.807) is 9.75 Å². The molecule has 1 N–H and O–H groups in total. The highest BCUT2D eigenvalue weighted by atomic mass is 32.1. The van der Waals surface area contributed by atoms with Gasteiger partial charge < -0.3 is 5.32 Å². The predicted octanol–water partition coefficient (Wildman–Crippen LogP) is 3.06. The first-order chi connectivity index (χ1) is 9.38. The van der Waals surface area contributed by atoms with E-state index in [2.05, 4.69) is 33.7 Å². The summed E-state index contributed by atoms with van der Waals surface area (Å²) in [6, 6.07) is 4.80. The zero-order chi connectivity index (χ0) is 12.7. The highest BCUT2D eigenvalue weighted by Crippen LogP contribution is 2.38. The van der Waals surface area contributed by atoms with E-state index >= 15 is 0 Å². The number of hydrogen-bond donors (Lipinski definition) is 1. The molecule has 3 heterocycles. The van der Waals surface area contributed by atoms with Crippen molar-refractivity contribution in [2.45, 2.75) is 38.1 Å². The van der Waals surface area contributed by atoms with E-state index in [-0.39, 0.29) is 0 Å². The molecule has 0 amide bonds. The Kier molecular flexibility index (Phi) is 3.38. The molecule has 2 saturated heterocycles. The normalized spacial score (nSPS) is 32.2. The highest BCUT2D eigenvalue weighted by Gasteiger charge is 2.35. The molecule has 0 unspecified atom stereocenters. The summed E-state index contributed by atoms with van der Waals surface area (Å²) >= 11 is 2.09. The van der Waals surface area contributed by atoms with Crippen molar-refractivity contribution in [2.75, 3.05) is 26.2 Å². The smallest absolute Gasteiger partial charge is 0.0328 e. The molecule has 0 aromatic carbocycles. The third kappa shape index (κ3) is 2.48. The van der Waals surface area contributed by atoms with Gasteiger partial charge in [-0.05, 0) is 55.8 Å². The van der Waals surface area contributed by atoms with Gasteiger partial charge in [0.15, 0.2) is 0 Å². The maximum absolute atomic E-state index is 3.53. The Hall–Kier alpha value is -0.380. The lowest BCUT2D eigenvalue weighted by Crippen LogP contribution is -2.25. The maximum atomic E-state index is 3.53. The van der Waals surface area contributed by atoms with E-state index < -0.39 is 0 Å². The molecular formula is C16H24N2S. The molecule has 0 bridgehead atoms. The van der Waals surface area contributed by atoms with Crippen molar-refractivity contribution in [1.82, 2.24) is 10.2 Å². The fourth-order valence-electron chi connectivity index (χ4n) is 4.21. The van der Waals surface area contributed by atoms with Crippen LogP contribution < -0.4 is 5.32 Å². The highest BCUT2D eigenvalue weighted by molar-refractivity contribution is 7.12. The average Bonchev–Trinajstić information content (AvgIpc) is 3.12. The third-order valence-electron chi connectivity index (χ3n) is 5.28. The quantitative estimate of drug-likeness (QED) is 0.913. The fraction of sp³-hybridized carbons (Fsp3) is 0.750. The monoisotopic (exact) mass is 276 g/mol. The van der Waals surface area contributed by atoms with Crippen LogP contribution in [0.3, 0.4) is 0 Å². The molecule has 2 nitrogen and oxygen atoms in total. The molecule has 3 heteroatoms. The summed E-state index contributed by atoms with van der Waals surface area (Å²) in [5.41, 5.74) is 0. The topological polar surface area (TPSA) is 15.3 Å². The van der Waals surface area contributed by atoms with E-state index in [0.717, 1.165) is 17.8 Å². The van der Waals surface area contributed by atoms with Crippen LogP contribution in [-0.4, -0.2) is 31.1 Å². The standard InChI is InChI=1S/C16H24N2S/c1-2-4-12(3-1)16-6-5-15(19-16)11-18-9-13-7-17-8-14(13)10-18/h5-6,12-14,17H,1-4,7-11H2/t13-,14+. The van der Waals surface area contributed by atoms with Gasteiger partial charge in [0, 0.05) is 29.4 Å². The minimum absolute atomic E-state index is 0.890. The van der Waals surface area contributed by atoms with Crippen LogP contribution >= 0.6 is 11.3 Å². The van der Waals surface area contributed by atoms with Crippen molar-refractivity contribution in [3.8, 4) is 0 Å². The van der Waals surface area contributed by atoms with Crippen LogP contribution in [0.4, 0.5) is 0 Å². The Morgan fingerprint density at radius 2 is 1.84 bits per heavy atom. The first kappa shape index (κ1) is 12.4. The van der Waals surface area contributed by atoms with Crippen molar-refractivity contribution in [1.29, 1.82) is 0 Å². The largest absolute Gasteiger partial charge is 0.316 e. The Morgan fingerprint density at radius 3 is 2.58 bits per heavy atom. The van der Waals surface area contributed by atoms with Gasteiger partial charge in [0.25, 0.3) is 0 Å². The molecular weight excluding hydrogens is 252 g/mol. The zero-order valence-electron chi connectivity index (χ0n) is 11.6. The number of fused-ring (bicyclic) bond motifs is 1. The van der Waals surface area contributed by atoms with Gasteiger partial charge in [-0.25, -0.2) is 0 Å². The van der Waals surface area contributed by atoms with Gasteiger partial charge in [-0.15, -0.1) is 11.3 Å². The van der Waals surface area contributed by atoms with Gasteiger partial charge >= 0.3 is 0 Å². The number of hydrogen-bond acceptors (Lipinski definition) is 3. The van der Waals surface area contributed by atoms with Gasteiger partial charge in [-0.1, -0.05) is 12.8 Å². The van der Waals surface area contributed by atoms with Crippen molar-refractivity contribution in [3.63, 3.8) is 0 Å². The van der Waals surface area contributed by atoms with Gasteiger partial charge in [-0.2, -0.15) is 0 Å². The fourth-order valence-corrected chi connectivity index (χ4v) is 5.44. The second-order valence-electron chi connectivity index (χ2n) is 6.66. The molecule has 0 radical (unpaired) electrons. The molecule has 3 fully saturated rings. The van der Waals surface area contributed by atoms with Crippen LogP contribution in [0.2, 0.25) is 0 Å². The maximum Gasteiger partial charge on any atom is 0.0328 e. The van der Waals surface area contributed by atoms with Crippen molar-refractivity contribution >= 4 is 11.3 Å². The van der Waals surface area contributed by atoms with E-state index in [0.29, 0.717) is 0 Å². The summed E-state index contributed by atoms with van der Waals surface area (Å²) in [5.74, 6) is 2.74. The lowest BCUT2D eigenvalue weighted by Gasteiger charge is -2.15. The third-order valence-corrected chi connectivity index (χ3v) is 6.52. The first-order valence-electron chi connectivity index (χ1n) is 7.90. The van der Waals surface area contributed by atoms with Gasteiger partial charge in [0.05, 0.1) is 0 Å². The second-order valence-corrected chi connectivity index (χ2v) is 7.86. The molecule has 1 aromatic rings. The van der Waals surface area contributed by atoms with E-state index in [9.17, 15) is 0 Å². The van der Waals surface area contributed by atoms with Crippen LogP contribution in [-0.2, 0) is 6.54 Å². The Labute approximate surface area is 120 Å². The van der Waals surface area contributed by atoms with Gasteiger partial charge in [-0.3, -0.25) is 4.90 Å². The summed E-state index contributed by atoms with van der Waals surface area (Å²) in [6.07, 6.45) is 5.75. The Balaban J connectivity index is 1.38. The minimum atomic E-state index is 0.890. The predicted molar refractivity (Wildman–Crippen MR) is 80.7 cm³/mol. The minimum Gasteiger partial charge on any atom is -0.316 e. The van der Waals surface area contributed by atoms with Crippen LogP contribution in [0.15, 0.2) is 12.1 Å². The molecule has 1 saturated carbocycles. The van der Waals surface area contributed by atoms with E-state index in [1.165, 1.54) is 58.4 Å². The molecule has 3 aliphatic rings. The molecule has 1 aromatic heterocycles. The second kappa shape index (κ2) is 5.19. The molecule has 1 aliphatic carbocycles.